The third kappa shape index (κ3) is 12.5. The first-order valence-corrected chi connectivity index (χ1v) is 27.2. The number of benzene rings is 6. The third-order valence-corrected chi connectivity index (χ3v) is 16.9. The van der Waals surface area contributed by atoms with Gasteiger partial charge in [-0.3, -0.25) is 14.4 Å². The molecule has 0 spiro atoms. The van der Waals surface area contributed by atoms with Crippen LogP contribution in [-0.2, 0) is 0 Å². The first-order chi connectivity index (χ1) is 37.6. The number of halogens is 2. The lowest BCUT2D eigenvalue weighted by Crippen LogP contribution is -2.56. The predicted molar refractivity (Wildman–Crippen MR) is 305 cm³/mol. The third-order valence-electron chi connectivity index (χ3n) is 16.9. The zero-order valence-electron chi connectivity index (χ0n) is 47.4. The van der Waals surface area contributed by atoms with E-state index in [0.29, 0.717) is 46.5 Å². The summed E-state index contributed by atoms with van der Waals surface area (Å²) in [5.74, 6) is -7.18. The summed E-state index contributed by atoms with van der Waals surface area (Å²) in [7, 11) is 7.45. The highest BCUT2D eigenvalue weighted by molar-refractivity contribution is 6.09. The average molecular weight is 1100 g/mol. The molecular weight excluding hydrogens is 1020 g/mol. The molecule has 13 nitrogen and oxygen atoms in total. The van der Waals surface area contributed by atoms with Gasteiger partial charge in [-0.15, -0.1) is 0 Å². The number of aromatic hydroxyl groups is 4. The molecule has 2 aliphatic rings. The van der Waals surface area contributed by atoms with Crippen molar-refractivity contribution < 1.29 is 53.8 Å². The van der Waals surface area contributed by atoms with Gasteiger partial charge in [-0.05, 0) is 152 Å². The van der Waals surface area contributed by atoms with Crippen molar-refractivity contribution in [3.63, 3.8) is 0 Å². The molecule has 8 atom stereocenters. The molecule has 6 N–H and O–H groups in total. The smallest absolute Gasteiger partial charge is 0.193 e. The number of likely N-dealkylation sites (tertiary alicyclic amines) is 2. The Labute approximate surface area is 468 Å². The van der Waals surface area contributed by atoms with E-state index in [4.69, 9.17) is 0 Å². The number of hydrogen-bond donors (Lipinski definition) is 6. The molecule has 2 heterocycles. The van der Waals surface area contributed by atoms with Gasteiger partial charge in [0.15, 0.2) is 17.3 Å². The molecule has 2 fully saturated rings. The second-order valence-electron chi connectivity index (χ2n) is 23.8. The minimum absolute atomic E-state index is 0.0851. The van der Waals surface area contributed by atoms with Gasteiger partial charge in [-0.1, -0.05) is 72.8 Å². The molecule has 2 saturated heterocycles. The predicted octanol–water partition coefficient (Wildman–Crippen LogP) is 9.40. The van der Waals surface area contributed by atoms with E-state index < -0.39 is 76.2 Å². The number of ketones is 3. The highest BCUT2D eigenvalue weighted by Gasteiger charge is 2.47. The molecule has 0 unspecified atom stereocenters. The largest absolute Gasteiger partial charge is 0.508 e. The lowest BCUT2D eigenvalue weighted by Gasteiger charge is -2.47. The maximum Gasteiger partial charge on any atom is 0.193 e. The number of carbonyl (C=O) groups excluding carboxylic acids is 3. The topological polar surface area (TPSA) is 186 Å². The van der Waals surface area contributed by atoms with Gasteiger partial charge in [0, 0.05) is 97.0 Å². The average Bonchev–Trinajstić information content (AvgIpc) is 3.43. The molecule has 0 radical (unpaired) electrons. The molecular formula is C65H76F2N4O9. The highest BCUT2D eigenvalue weighted by atomic mass is 19.1. The van der Waals surface area contributed by atoms with Crippen molar-refractivity contribution in [3.05, 3.63) is 189 Å². The summed E-state index contributed by atoms with van der Waals surface area (Å²) in [5, 5.41) is 68.2. The molecule has 15 heteroatoms. The van der Waals surface area contributed by atoms with E-state index in [2.05, 4.69) is 9.80 Å². The first-order valence-electron chi connectivity index (χ1n) is 27.2. The van der Waals surface area contributed by atoms with Gasteiger partial charge in [-0.25, -0.2) is 8.78 Å². The number of aliphatic hydroxyl groups is 2. The maximum atomic E-state index is 15.6. The van der Waals surface area contributed by atoms with E-state index >= 15 is 8.78 Å². The number of nitrogens with zero attached hydrogens (tertiary/aromatic N) is 4. The Morgan fingerprint density at radius 1 is 0.512 bits per heavy atom. The lowest BCUT2D eigenvalue weighted by molar-refractivity contribution is -0.0245. The molecule has 6 aromatic carbocycles. The number of carbonyl (C=O) groups is 3. The lowest BCUT2D eigenvalue weighted by atomic mass is 9.67. The monoisotopic (exact) mass is 1090 g/mol. The number of phenolic OH excluding ortho intramolecular Hbond substituents is 4. The van der Waals surface area contributed by atoms with Crippen LogP contribution in [-0.4, -0.2) is 158 Å². The van der Waals surface area contributed by atoms with Crippen LogP contribution in [0, 0.1) is 37.3 Å². The van der Waals surface area contributed by atoms with Crippen molar-refractivity contribution in [2.24, 2.45) is 11.8 Å². The van der Waals surface area contributed by atoms with Crippen molar-refractivity contribution in [1.82, 2.24) is 19.6 Å². The molecule has 424 valence electrons. The van der Waals surface area contributed by atoms with E-state index in [-0.39, 0.29) is 83.0 Å². The van der Waals surface area contributed by atoms with Crippen molar-refractivity contribution in [3.8, 4) is 23.0 Å². The number of likely N-dealkylation sites (N-methyl/N-ethyl adjacent to an activating group) is 2. The van der Waals surface area contributed by atoms with Crippen LogP contribution in [0.15, 0.2) is 121 Å². The molecule has 2 aliphatic heterocycles. The molecule has 0 saturated carbocycles. The Morgan fingerprint density at radius 2 is 0.875 bits per heavy atom. The zero-order valence-corrected chi connectivity index (χ0v) is 47.4. The number of Topliss-reactive ketones (excluding diaryl/α,β-unsaturated/α-hetero) is 2. The molecule has 0 aliphatic carbocycles. The standard InChI is InChI=1S/C65H76F2N4O9/c1-37-45(19-13-21-53(37)66)59-49(31-70(35-57(68(7)8)64(3,4)79)33-51(59)62(77)39-15-11-17-43(72)27-39)47-25-23-41(29-55(47)74)61(76)42-24-26-48(56(75)30-42)50-32-71(36-58(69(9)10)65(5,6)80)34-52(63(78)40-16-12-18-44(73)28-40)60(50)46-20-14-22-54(67)38(46)2/h11-30,49-52,57-60,72-75,79-80H,31-36H2,1-10H3/t49-,50-,51+,52+,57-,58-,59-,60-/m1/s1. The number of piperidine rings is 2. The first kappa shape index (κ1) is 59.3. The minimum Gasteiger partial charge on any atom is -0.508 e. The van der Waals surface area contributed by atoms with Crippen LogP contribution >= 0.6 is 0 Å². The van der Waals surface area contributed by atoms with E-state index in [0.717, 1.165) is 0 Å². The summed E-state index contributed by atoms with van der Waals surface area (Å²) in [5.41, 5.74) is 0.945. The second kappa shape index (κ2) is 23.7. The summed E-state index contributed by atoms with van der Waals surface area (Å²) >= 11 is 0. The van der Waals surface area contributed by atoms with Crippen LogP contribution in [0.4, 0.5) is 8.78 Å². The van der Waals surface area contributed by atoms with Crippen LogP contribution in [0.25, 0.3) is 0 Å². The van der Waals surface area contributed by atoms with Gasteiger partial charge in [0.2, 0.25) is 0 Å². The van der Waals surface area contributed by atoms with Gasteiger partial charge in [0.25, 0.3) is 0 Å². The summed E-state index contributed by atoms with van der Waals surface area (Å²) < 4.78 is 31.3. The quantitative estimate of drug-likeness (QED) is 0.0448. The Morgan fingerprint density at radius 3 is 1.20 bits per heavy atom. The second-order valence-corrected chi connectivity index (χ2v) is 23.8. The molecule has 0 amide bonds. The Hall–Kier alpha value is -6.85. The van der Waals surface area contributed by atoms with E-state index in [1.807, 2.05) is 38.0 Å². The number of phenols is 4. The Kier molecular flexibility index (Phi) is 17.6. The van der Waals surface area contributed by atoms with Crippen LogP contribution in [0.2, 0.25) is 0 Å². The van der Waals surface area contributed by atoms with Gasteiger partial charge in [0.1, 0.15) is 34.6 Å². The molecule has 0 bridgehead atoms. The van der Waals surface area contributed by atoms with Crippen molar-refractivity contribution in [2.45, 2.75) is 88.5 Å². The summed E-state index contributed by atoms with van der Waals surface area (Å²) in [4.78, 5) is 52.4. The van der Waals surface area contributed by atoms with Crippen LogP contribution in [0.3, 0.4) is 0 Å². The summed E-state index contributed by atoms with van der Waals surface area (Å²) in [6.45, 7) is 11.8. The molecule has 8 rings (SSSR count). The Bertz CT molecular complexity index is 3050. The number of hydrogen-bond acceptors (Lipinski definition) is 13. The minimum atomic E-state index is -1.17. The van der Waals surface area contributed by atoms with Crippen molar-refractivity contribution in [1.29, 1.82) is 0 Å². The Balaban J connectivity index is 1.20. The fourth-order valence-electron chi connectivity index (χ4n) is 12.9. The fourth-order valence-corrected chi connectivity index (χ4v) is 12.9. The molecule has 80 heavy (non-hydrogen) atoms. The normalized spacial score (nSPS) is 21.1. The SMILES string of the molecule is Cc1c(F)cccc1[C@H]1[C@@H](C(=O)c2cccc(O)c2)CN(C[C@@H](N(C)C)C(C)(C)O)C[C@@H]1c1ccc(C(=O)c2ccc([C@H]3CN(C[C@@H](N(C)C)C(C)(C)O)C[C@H](C(=O)c4cccc(O)c4)[C@@H]3c3cccc(F)c3C)c(O)c2)cc1O. The van der Waals surface area contributed by atoms with E-state index in [9.17, 15) is 45.0 Å². The summed E-state index contributed by atoms with van der Waals surface area (Å²) in [6, 6.07) is 30.0. The van der Waals surface area contributed by atoms with Gasteiger partial charge in [-0.2, -0.15) is 0 Å². The zero-order chi connectivity index (χ0) is 58.3. The van der Waals surface area contributed by atoms with Crippen molar-refractivity contribution >= 4 is 17.3 Å². The van der Waals surface area contributed by atoms with E-state index in [1.54, 1.807) is 114 Å². The maximum absolute atomic E-state index is 15.6. The summed E-state index contributed by atoms with van der Waals surface area (Å²) in [6.07, 6.45) is 0. The highest BCUT2D eigenvalue weighted by Crippen LogP contribution is 2.50. The van der Waals surface area contributed by atoms with Gasteiger partial charge < -0.3 is 50.2 Å². The van der Waals surface area contributed by atoms with Crippen molar-refractivity contribution in [2.75, 3.05) is 67.5 Å². The van der Waals surface area contributed by atoms with E-state index in [1.165, 1.54) is 48.5 Å². The fraction of sp³-hybridized carbons (Fsp3) is 0.400. The molecule has 0 aromatic heterocycles. The van der Waals surface area contributed by atoms with Gasteiger partial charge in [0.05, 0.1) is 23.3 Å². The molecule has 6 aromatic rings. The van der Waals surface area contributed by atoms with Crippen LogP contribution in [0.5, 0.6) is 23.0 Å². The van der Waals surface area contributed by atoms with Crippen LogP contribution in [0.1, 0.15) is 121 Å². The van der Waals surface area contributed by atoms with Crippen LogP contribution < -0.4 is 0 Å². The number of rotatable bonds is 18. The van der Waals surface area contributed by atoms with Gasteiger partial charge >= 0.3 is 0 Å².